The Kier molecular flexibility index (Phi) is 7.19. The molecule has 1 aromatic rings. The molecule has 0 amide bonds. The first-order valence-electron chi connectivity index (χ1n) is 11.0. The van der Waals surface area contributed by atoms with Gasteiger partial charge in [0.25, 0.3) is 0 Å². The van der Waals surface area contributed by atoms with Gasteiger partial charge in [0, 0.05) is 13.0 Å². The number of hydrogen-bond acceptors (Lipinski definition) is 6. The molecule has 0 unspecified atom stereocenters. The van der Waals surface area contributed by atoms with Crippen LogP contribution in [0, 0.1) is 0 Å². The number of aliphatic hydroxyl groups excluding tert-OH is 1. The highest BCUT2D eigenvalue weighted by atomic mass is 16.6. The molecule has 1 aromatic carbocycles. The third-order valence-electron chi connectivity index (χ3n) is 6.24. The largest absolute Gasteiger partial charge is 0.460 e. The maximum absolute atomic E-state index is 11.3. The molecule has 0 saturated carbocycles. The second-order valence-corrected chi connectivity index (χ2v) is 8.40. The van der Waals surface area contributed by atoms with E-state index in [1.54, 1.807) is 0 Å². The van der Waals surface area contributed by atoms with E-state index >= 15 is 0 Å². The van der Waals surface area contributed by atoms with Gasteiger partial charge in [0.1, 0.15) is 6.10 Å². The standard InChI is InChI=1S/C23H32O6/c24-17(7-4-14-26-15-16-5-2-1-3-6-16)18-8-9-19(27-18)20-10-11-21(28-20)22-12-13-23(25)29-22/h1-3,5-6,17-22,24H,4,7-15H2/t17-,18-,19+,20-,21-,22+/m0/s1. The number of rotatable bonds is 9. The monoisotopic (exact) mass is 404 g/mol. The molecule has 0 radical (unpaired) electrons. The van der Waals surface area contributed by atoms with Crippen molar-refractivity contribution < 1.29 is 28.8 Å². The van der Waals surface area contributed by atoms with Gasteiger partial charge < -0.3 is 24.1 Å². The van der Waals surface area contributed by atoms with Gasteiger partial charge in [-0.1, -0.05) is 30.3 Å². The van der Waals surface area contributed by atoms with Gasteiger partial charge in [-0.15, -0.1) is 0 Å². The lowest BCUT2D eigenvalue weighted by atomic mass is 10.0. The van der Waals surface area contributed by atoms with Crippen molar-refractivity contribution in [2.24, 2.45) is 0 Å². The molecule has 3 aliphatic heterocycles. The van der Waals surface area contributed by atoms with Crippen molar-refractivity contribution in [1.82, 2.24) is 0 Å². The Bertz CT molecular complexity index is 650. The Morgan fingerprint density at radius 3 is 2.45 bits per heavy atom. The first kappa shape index (κ1) is 20.8. The van der Waals surface area contributed by atoms with Gasteiger partial charge in [0.15, 0.2) is 0 Å². The maximum atomic E-state index is 11.3. The summed E-state index contributed by atoms with van der Waals surface area (Å²) < 4.78 is 23.3. The minimum atomic E-state index is -0.465. The number of ether oxygens (including phenoxy) is 4. The SMILES string of the molecule is O=C1CC[C@H]([C@@H]2CC[C@@H]([C@H]3CC[C@@H]([C@@H](O)CCCOCc4ccccc4)O3)O2)O1. The van der Waals surface area contributed by atoms with Crippen molar-refractivity contribution in [3.8, 4) is 0 Å². The summed E-state index contributed by atoms with van der Waals surface area (Å²) in [5.41, 5.74) is 1.16. The highest BCUT2D eigenvalue weighted by Gasteiger charge is 2.43. The summed E-state index contributed by atoms with van der Waals surface area (Å²) in [6.07, 6.45) is 5.76. The zero-order chi connectivity index (χ0) is 20.1. The molecule has 0 spiro atoms. The number of benzene rings is 1. The lowest BCUT2D eigenvalue weighted by molar-refractivity contribution is -0.149. The average molecular weight is 405 g/mol. The molecule has 4 rings (SSSR count). The van der Waals surface area contributed by atoms with Gasteiger partial charge in [-0.25, -0.2) is 0 Å². The lowest BCUT2D eigenvalue weighted by Crippen LogP contribution is -2.33. The molecule has 3 fully saturated rings. The van der Waals surface area contributed by atoms with Gasteiger partial charge in [-0.3, -0.25) is 4.79 Å². The van der Waals surface area contributed by atoms with Crippen LogP contribution in [0.15, 0.2) is 30.3 Å². The van der Waals surface area contributed by atoms with Crippen LogP contribution in [0.4, 0.5) is 0 Å². The molecule has 6 nitrogen and oxygen atoms in total. The van der Waals surface area contributed by atoms with E-state index in [9.17, 15) is 9.90 Å². The minimum Gasteiger partial charge on any atom is -0.460 e. The zero-order valence-electron chi connectivity index (χ0n) is 16.9. The van der Waals surface area contributed by atoms with E-state index in [4.69, 9.17) is 18.9 Å². The number of esters is 1. The molecule has 3 saturated heterocycles. The van der Waals surface area contributed by atoms with Crippen LogP contribution in [0.3, 0.4) is 0 Å². The van der Waals surface area contributed by atoms with Crippen LogP contribution < -0.4 is 0 Å². The van der Waals surface area contributed by atoms with Gasteiger partial charge in [0.2, 0.25) is 0 Å². The van der Waals surface area contributed by atoms with Gasteiger partial charge in [0.05, 0.1) is 37.1 Å². The average Bonchev–Trinajstić information content (AvgIpc) is 3.48. The van der Waals surface area contributed by atoms with Crippen LogP contribution in [0.2, 0.25) is 0 Å². The smallest absolute Gasteiger partial charge is 0.306 e. The fraction of sp³-hybridized carbons (Fsp3) is 0.696. The fourth-order valence-corrected chi connectivity index (χ4v) is 4.64. The van der Waals surface area contributed by atoms with Crippen LogP contribution in [0.1, 0.15) is 56.9 Å². The molecule has 6 heteroatoms. The van der Waals surface area contributed by atoms with E-state index in [2.05, 4.69) is 0 Å². The molecular formula is C23H32O6. The Morgan fingerprint density at radius 2 is 1.69 bits per heavy atom. The highest BCUT2D eigenvalue weighted by Crippen LogP contribution is 2.36. The summed E-state index contributed by atoms with van der Waals surface area (Å²) in [4.78, 5) is 11.3. The highest BCUT2D eigenvalue weighted by molar-refractivity contribution is 5.71. The van der Waals surface area contributed by atoms with Gasteiger partial charge >= 0.3 is 5.97 Å². The van der Waals surface area contributed by atoms with E-state index in [-0.39, 0.29) is 36.5 Å². The number of aliphatic hydroxyl groups is 1. The van der Waals surface area contributed by atoms with Crippen molar-refractivity contribution in [2.75, 3.05) is 6.61 Å². The van der Waals surface area contributed by atoms with Crippen molar-refractivity contribution >= 4 is 5.97 Å². The Labute approximate surface area is 172 Å². The molecule has 160 valence electrons. The predicted octanol–water partition coefficient (Wildman–Crippen LogP) is 3.15. The van der Waals surface area contributed by atoms with E-state index in [0.717, 1.165) is 44.1 Å². The summed E-state index contributed by atoms with van der Waals surface area (Å²) in [7, 11) is 0. The quantitative estimate of drug-likeness (QED) is 0.503. The molecular weight excluding hydrogens is 372 g/mol. The summed E-state index contributed by atoms with van der Waals surface area (Å²) >= 11 is 0. The topological polar surface area (TPSA) is 74.2 Å². The first-order chi connectivity index (χ1) is 14.2. The van der Waals surface area contributed by atoms with Crippen molar-refractivity contribution in [1.29, 1.82) is 0 Å². The molecule has 29 heavy (non-hydrogen) atoms. The summed E-state index contributed by atoms with van der Waals surface area (Å²) in [6.45, 7) is 1.24. The molecule has 6 atom stereocenters. The third kappa shape index (κ3) is 5.57. The molecule has 0 aromatic heterocycles. The Morgan fingerprint density at radius 1 is 0.966 bits per heavy atom. The second-order valence-electron chi connectivity index (χ2n) is 8.40. The molecule has 3 aliphatic rings. The molecule has 1 N–H and O–H groups in total. The molecule has 0 aliphatic carbocycles. The normalized spacial score (nSPS) is 33.1. The lowest BCUT2D eigenvalue weighted by Gasteiger charge is -2.24. The van der Waals surface area contributed by atoms with Crippen LogP contribution in [-0.2, 0) is 30.3 Å². The summed E-state index contributed by atoms with van der Waals surface area (Å²) in [6, 6.07) is 10.1. The number of carbonyl (C=O) groups excluding carboxylic acids is 1. The molecule has 0 bridgehead atoms. The van der Waals surface area contributed by atoms with Crippen molar-refractivity contribution in [3.05, 3.63) is 35.9 Å². The van der Waals surface area contributed by atoms with Crippen LogP contribution >= 0.6 is 0 Å². The predicted molar refractivity (Wildman–Crippen MR) is 106 cm³/mol. The zero-order valence-corrected chi connectivity index (χ0v) is 16.9. The van der Waals surface area contributed by atoms with E-state index < -0.39 is 6.10 Å². The number of carbonyl (C=O) groups is 1. The van der Waals surface area contributed by atoms with Gasteiger partial charge in [-0.2, -0.15) is 0 Å². The van der Waals surface area contributed by atoms with Crippen molar-refractivity contribution in [3.63, 3.8) is 0 Å². The van der Waals surface area contributed by atoms with Crippen LogP contribution in [0.5, 0.6) is 0 Å². The van der Waals surface area contributed by atoms with E-state index in [1.165, 1.54) is 0 Å². The second kappa shape index (κ2) is 10.0. The first-order valence-corrected chi connectivity index (χ1v) is 11.0. The maximum Gasteiger partial charge on any atom is 0.306 e. The summed E-state index contributed by atoms with van der Waals surface area (Å²) in [5, 5.41) is 10.5. The molecule has 3 heterocycles. The summed E-state index contributed by atoms with van der Waals surface area (Å²) in [5.74, 6) is -0.116. The van der Waals surface area contributed by atoms with Crippen LogP contribution in [-0.4, -0.2) is 54.3 Å². The number of hydrogen-bond donors (Lipinski definition) is 1. The van der Waals surface area contributed by atoms with E-state index in [1.807, 2.05) is 30.3 Å². The van der Waals surface area contributed by atoms with Crippen molar-refractivity contribution in [2.45, 2.75) is 94.6 Å². The Hall–Kier alpha value is -1.47. The van der Waals surface area contributed by atoms with Gasteiger partial charge in [-0.05, 0) is 50.5 Å². The van der Waals surface area contributed by atoms with Crippen LogP contribution in [0.25, 0.3) is 0 Å². The Balaban J connectivity index is 1.12. The number of cyclic esters (lactones) is 1. The van der Waals surface area contributed by atoms with E-state index in [0.29, 0.717) is 26.1 Å². The fourth-order valence-electron chi connectivity index (χ4n) is 4.64. The third-order valence-corrected chi connectivity index (χ3v) is 6.24. The minimum absolute atomic E-state index is 0.000729.